The third-order valence-corrected chi connectivity index (χ3v) is 2.76. The third kappa shape index (κ3) is 2.97. The number of aromatic nitrogens is 3. The van der Waals surface area contributed by atoms with Crippen molar-refractivity contribution in [3.05, 3.63) is 36.0 Å². The summed E-state index contributed by atoms with van der Waals surface area (Å²) in [5, 5.41) is 25.6. The number of unbranched alkanes of at least 4 members (excludes halogenated alkanes) is 1. The Morgan fingerprint density at radius 3 is 2.58 bits per heavy atom. The first-order valence-electron chi connectivity index (χ1n) is 6.07. The number of aromatic carboxylic acids is 1. The molecule has 0 aliphatic heterocycles. The SMILES string of the molecule is O=C(O)c1nnn(CCCCO)c1-c1ccccc1. The number of carboxylic acids is 1. The number of aliphatic hydroxyl groups is 1. The van der Waals surface area contributed by atoms with Gasteiger partial charge in [0, 0.05) is 18.7 Å². The molecule has 0 fully saturated rings. The number of aliphatic hydroxyl groups excluding tert-OH is 1. The van der Waals surface area contributed by atoms with E-state index < -0.39 is 5.97 Å². The number of benzene rings is 1. The Morgan fingerprint density at radius 1 is 1.21 bits per heavy atom. The molecule has 2 rings (SSSR count). The standard InChI is InChI=1S/C13H15N3O3/c17-9-5-4-8-16-12(10-6-2-1-3-7-10)11(13(18)19)14-15-16/h1-3,6-7,17H,4-5,8-9H2,(H,18,19). The van der Waals surface area contributed by atoms with Gasteiger partial charge in [0.25, 0.3) is 0 Å². The molecule has 1 heterocycles. The summed E-state index contributed by atoms with van der Waals surface area (Å²) in [7, 11) is 0. The lowest BCUT2D eigenvalue weighted by Gasteiger charge is -2.06. The van der Waals surface area contributed by atoms with E-state index in [0.29, 0.717) is 18.7 Å². The number of rotatable bonds is 6. The molecule has 0 amide bonds. The van der Waals surface area contributed by atoms with E-state index in [1.54, 1.807) is 4.68 Å². The van der Waals surface area contributed by atoms with E-state index in [4.69, 9.17) is 10.2 Å². The van der Waals surface area contributed by atoms with Gasteiger partial charge in [-0.3, -0.25) is 0 Å². The lowest BCUT2D eigenvalue weighted by atomic mass is 10.1. The third-order valence-electron chi connectivity index (χ3n) is 2.76. The Hall–Kier alpha value is -2.21. The van der Waals surface area contributed by atoms with E-state index in [0.717, 1.165) is 12.0 Å². The molecule has 0 saturated heterocycles. The van der Waals surface area contributed by atoms with Gasteiger partial charge in [0.2, 0.25) is 0 Å². The van der Waals surface area contributed by atoms with Crippen LogP contribution in [0.2, 0.25) is 0 Å². The fourth-order valence-electron chi connectivity index (χ4n) is 1.87. The Balaban J connectivity index is 2.37. The molecular formula is C13H15N3O3. The molecule has 0 aliphatic carbocycles. The van der Waals surface area contributed by atoms with Gasteiger partial charge >= 0.3 is 5.97 Å². The van der Waals surface area contributed by atoms with Gasteiger partial charge in [0.1, 0.15) is 5.69 Å². The maximum atomic E-state index is 11.2. The lowest BCUT2D eigenvalue weighted by Crippen LogP contribution is -2.05. The van der Waals surface area contributed by atoms with Crippen molar-refractivity contribution >= 4 is 5.97 Å². The average molecular weight is 261 g/mol. The monoisotopic (exact) mass is 261 g/mol. The van der Waals surface area contributed by atoms with Crippen molar-refractivity contribution in [2.45, 2.75) is 19.4 Å². The van der Waals surface area contributed by atoms with Gasteiger partial charge in [-0.2, -0.15) is 0 Å². The van der Waals surface area contributed by atoms with Crippen LogP contribution in [-0.4, -0.2) is 37.8 Å². The molecule has 6 nitrogen and oxygen atoms in total. The van der Waals surface area contributed by atoms with Crippen LogP contribution in [0, 0.1) is 0 Å². The Bertz CT molecular complexity index is 552. The van der Waals surface area contributed by atoms with Crippen LogP contribution in [-0.2, 0) is 6.54 Å². The number of hydrogen-bond donors (Lipinski definition) is 2. The smallest absolute Gasteiger partial charge is 0.358 e. The summed E-state index contributed by atoms with van der Waals surface area (Å²) in [6.07, 6.45) is 1.37. The van der Waals surface area contributed by atoms with Crippen molar-refractivity contribution in [1.82, 2.24) is 15.0 Å². The highest BCUT2D eigenvalue weighted by Gasteiger charge is 2.19. The highest BCUT2D eigenvalue weighted by Crippen LogP contribution is 2.22. The second kappa shape index (κ2) is 6.10. The Labute approximate surface area is 110 Å². The first-order valence-corrected chi connectivity index (χ1v) is 6.07. The molecule has 0 aliphatic rings. The van der Waals surface area contributed by atoms with Crippen LogP contribution < -0.4 is 0 Å². The maximum Gasteiger partial charge on any atom is 0.358 e. The highest BCUT2D eigenvalue weighted by atomic mass is 16.4. The summed E-state index contributed by atoms with van der Waals surface area (Å²) in [5.74, 6) is -1.09. The summed E-state index contributed by atoms with van der Waals surface area (Å²) in [6, 6.07) is 9.20. The molecule has 19 heavy (non-hydrogen) atoms. The molecular weight excluding hydrogens is 246 g/mol. The second-order valence-electron chi connectivity index (χ2n) is 4.11. The van der Waals surface area contributed by atoms with Crippen molar-refractivity contribution in [2.75, 3.05) is 6.61 Å². The Kier molecular flexibility index (Phi) is 4.25. The topological polar surface area (TPSA) is 88.2 Å². The second-order valence-corrected chi connectivity index (χ2v) is 4.11. The van der Waals surface area contributed by atoms with Crippen molar-refractivity contribution in [3.8, 4) is 11.3 Å². The quantitative estimate of drug-likeness (QED) is 0.768. The number of carboxylic acid groups (broad SMARTS) is 1. The minimum atomic E-state index is -1.09. The van der Waals surface area contributed by atoms with Gasteiger partial charge < -0.3 is 10.2 Å². The molecule has 0 bridgehead atoms. The first-order chi connectivity index (χ1) is 9.24. The van der Waals surface area contributed by atoms with Crippen molar-refractivity contribution < 1.29 is 15.0 Å². The summed E-state index contributed by atoms with van der Waals surface area (Å²) in [4.78, 5) is 11.2. The van der Waals surface area contributed by atoms with Crippen LogP contribution >= 0.6 is 0 Å². The van der Waals surface area contributed by atoms with Gasteiger partial charge in [-0.1, -0.05) is 35.5 Å². The van der Waals surface area contributed by atoms with E-state index in [2.05, 4.69) is 10.3 Å². The molecule has 0 radical (unpaired) electrons. The van der Waals surface area contributed by atoms with Crippen LogP contribution in [0.5, 0.6) is 0 Å². The minimum absolute atomic E-state index is 0.0461. The van der Waals surface area contributed by atoms with E-state index in [-0.39, 0.29) is 12.3 Å². The lowest BCUT2D eigenvalue weighted by molar-refractivity contribution is 0.0691. The van der Waals surface area contributed by atoms with Crippen LogP contribution in [0.4, 0.5) is 0 Å². The van der Waals surface area contributed by atoms with E-state index in [9.17, 15) is 4.79 Å². The van der Waals surface area contributed by atoms with Gasteiger partial charge in [0.05, 0.1) is 0 Å². The number of nitrogens with zero attached hydrogens (tertiary/aromatic N) is 3. The number of carbonyl (C=O) groups is 1. The normalized spacial score (nSPS) is 10.6. The molecule has 0 spiro atoms. The zero-order valence-corrected chi connectivity index (χ0v) is 10.4. The minimum Gasteiger partial charge on any atom is -0.476 e. The molecule has 2 N–H and O–H groups in total. The van der Waals surface area contributed by atoms with Crippen LogP contribution in [0.25, 0.3) is 11.3 Å². The van der Waals surface area contributed by atoms with Gasteiger partial charge in [0.15, 0.2) is 5.69 Å². The molecule has 0 atom stereocenters. The molecule has 1 aromatic heterocycles. The summed E-state index contributed by atoms with van der Waals surface area (Å²) in [5.41, 5.74) is 1.23. The fraction of sp³-hybridized carbons (Fsp3) is 0.308. The molecule has 2 aromatic rings. The average Bonchev–Trinajstić information content (AvgIpc) is 2.84. The summed E-state index contributed by atoms with van der Waals surface area (Å²) >= 11 is 0. The highest BCUT2D eigenvalue weighted by molar-refractivity contribution is 5.92. The predicted octanol–water partition coefficient (Wildman–Crippen LogP) is 1.42. The van der Waals surface area contributed by atoms with Gasteiger partial charge in [-0.25, -0.2) is 9.48 Å². The van der Waals surface area contributed by atoms with Crippen molar-refractivity contribution in [3.63, 3.8) is 0 Å². The van der Waals surface area contributed by atoms with Crippen LogP contribution in [0.15, 0.2) is 30.3 Å². The van der Waals surface area contributed by atoms with E-state index >= 15 is 0 Å². The molecule has 0 unspecified atom stereocenters. The first kappa shape index (κ1) is 13.2. The fourth-order valence-corrected chi connectivity index (χ4v) is 1.87. The zero-order chi connectivity index (χ0) is 13.7. The van der Waals surface area contributed by atoms with E-state index in [1.165, 1.54) is 0 Å². The van der Waals surface area contributed by atoms with E-state index in [1.807, 2.05) is 30.3 Å². The Morgan fingerprint density at radius 2 is 1.95 bits per heavy atom. The zero-order valence-electron chi connectivity index (χ0n) is 10.4. The van der Waals surface area contributed by atoms with Gasteiger partial charge in [-0.15, -0.1) is 5.10 Å². The summed E-state index contributed by atoms with van der Waals surface area (Å²) < 4.78 is 1.58. The maximum absolute atomic E-state index is 11.2. The summed E-state index contributed by atoms with van der Waals surface area (Å²) in [6.45, 7) is 0.645. The number of hydrogen-bond acceptors (Lipinski definition) is 4. The van der Waals surface area contributed by atoms with Gasteiger partial charge in [-0.05, 0) is 12.8 Å². The largest absolute Gasteiger partial charge is 0.476 e. The molecule has 0 saturated carbocycles. The molecule has 100 valence electrons. The number of aryl methyl sites for hydroxylation is 1. The molecule has 6 heteroatoms. The predicted molar refractivity (Wildman–Crippen MR) is 68.7 cm³/mol. The molecule has 1 aromatic carbocycles. The van der Waals surface area contributed by atoms with Crippen LogP contribution in [0.3, 0.4) is 0 Å². The van der Waals surface area contributed by atoms with Crippen molar-refractivity contribution in [1.29, 1.82) is 0 Å². The van der Waals surface area contributed by atoms with Crippen LogP contribution in [0.1, 0.15) is 23.3 Å². The van der Waals surface area contributed by atoms with Crippen molar-refractivity contribution in [2.24, 2.45) is 0 Å².